The Morgan fingerprint density at radius 2 is 2.00 bits per heavy atom. The number of ether oxygens (including phenoxy) is 1. The SMILES string of the molecule is C#CCOc1[c]cccc1-c1ccc(F)cc1. The molecule has 2 aromatic carbocycles. The second kappa shape index (κ2) is 5.18. The lowest BCUT2D eigenvalue weighted by atomic mass is 10.0. The van der Waals surface area contributed by atoms with Gasteiger partial charge in [0.25, 0.3) is 0 Å². The summed E-state index contributed by atoms with van der Waals surface area (Å²) < 4.78 is 18.2. The predicted octanol–water partition coefficient (Wildman–Crippen LogP) is 3.30. The lowest BCUT2D eigenvalue weighted by Crippen LogP contribution is -1.95. The molecule has 0 aromatic heterocycles. The monoisotopic (exact) mass is 225 g/mol. The van der Waals surface area contributed by atoms with Crippen LogP contribution in [0.3, 0.4) is 0 Å². The van der Waals surface area contributed by atoms with Gasteiger partial charge in [0.2, 0.25) is 0 Å². The molecule has 2 aromatic rings. The fourth-order valence-corrected chi connectivity index (χ4v) is 1.51. The molecule has 83 valence electrons. The maximum atomic E-state index is 12.8. The van der Waals surface area contributed by atoms with Crippen molar-refractivity contribution in [3.8, 4) is 29.2 Å². The third-order valence-corrected chi connectivity index (χ3v) is 2.27. The molecule has 0 amide bonds. The van der Waals surface area contributed by atoms with Gasteiger partial charge in [-0.05, 0) is 17.7 Å². The van der Waals surface area contributed by atoms with Crippen LogP contribution in [0.2, 0.25) is 0 Å². The van der Waals surface area contributed by atoms with Crippen molar-refractivity contribution in [1.82, 2.24) is 0 Å². The molecule has 2 heteroatoms. The summed E-state index contributed by atoms with van der Waals surface area (Å²) in [4.78, 5) is 0. The quantitative estimate of drug-likeness (QED) is 0.728. The van der Waals surface area contributed by atoms with Crippen LogP contribution in [-0.2, 0) is 0 Å². The predicted molar refractivity (Wildman–Crippen MR) is 65.0 cm³/mol. The van der Waals surface area contributed by atoms with E-state index in [9.17, 15) is 4.39 Å². The summed E-state index contributed by atoms with van der Waals surface area (Å²) in [6, 6.07) is 14.7. The van der Waals surface area contributed by atoms with Gasteiger partial charge in [-0.3, -0.25) is 0 Å². The van der Waals surface area contributed by atoms with Crippen LogP contribution in [-0.4, -0.2) is 6.61 Å². The average Bonchev–Trinajstić information content (AvgIpc) is 2.38. The zero-order valence-electron chi connectivity index (χ0n) is 9.11. The highest BCUT2D eigenvalue weighted by molar-refractivity contribution is 5.69. The van der Waals surface area contributed by atoms with Gasteiger partial charge in [0, 0.05) is 11.6 Å². The fourth-order valence-electron chi connectivity index (χ4n) is 1.51. The summed E-state index contributed by atoms with van der Waals surface area (Å²) in [6.45, 7) is 0.189. The molecule has 0 heterocycles. The Kier molecular flexibility index (Phi) is 3.42. The first-order chi connectivity index (χ1) is 8.31. The Morgan fingerprint density at radius 1 is 1.24 bits per heavy atom. The molecule has 0 N–H and O–H groups in total. The molecule has 2 rings (SSSR count). The van der Waals surface area contributed by atoms with Gasteiger partial charge < -0.3 is 4.74 Å². The third-order valence-electron chi connectivity index (χ3n) is 2.27. The highest BCUT2D eigenvalue weighted by Crippen LogP contribution is 2.29. The average molecular weight is 225 g/mol. The van der Waals surface area contributed by atoms with E-state index in [-0.39, 0.29) is 12.4 Å². The number of para-hydroxylation sites is 1. The van der Waals surface area contributed by atoms with Gasteiger partial charge in [-0.2, -0.15) is 0 Å². The van der Waals surface area contributed by atoms with Crippen LogP contribution in [0.5, 0.6) is 5.75 Å². The molecule has 0 fully saturated rings. The van der Waals surface area contributed by atoms with Crippen LogP contribution < -0.4 is 4.74 Å². The fraction of sp³-hybridized carbons (Fsp3) is 0.0667. The normalized spacial score (nSPS) is 9.65. The largest absolute Gasteiger partial charge is 0.480 e. The zero-order chi connectivity index (χ0) is 12.1. The summed E-state index contributed by atoms with van der Waals surface area (Å²) in [5.74, 6) is 2.72. The summed E-state index contributed by atoms with van der Waals surface area (Å²) in [7, 11) is 0. The van der Waals surface area contributed by atoms with Gasteiger partial charge in [-0.1, -0.05) is 36.3 Å². The molecule has 0 atom stereocenters. The van der Waals surface area contributed by atoms with Crippen LogP contribution in [0.4, 0.5) is 4.39 Å². The third kappa shape index (κ3) is 2.64. The topological polar surface area (TPSA) is 9.23 Å². The van der Waals surface area contributed by atoms with Gasteiger partial charge >= 0.3 is 0 Å². The number of terminal acetylenes is 1. The standard InChI is InChI=1S/C15H10FO/c1-2-11-17-15-6-4-3-5-14(15)12-7-9-13(16)10-8-12/h1,3-5,7-10H,11H2. The molecule has 17 heavy (non-hydrogen) atoms. The van der Waals surface area contributed by atoms with Crippen molar-refractivity contribution in [3.63, 3.8) is 0 Å². The minimum Gasteiger partial charge on any atom is -0.480 e. The molecule has 0 aliphatic carbocycles. The molecule has 0 saturated carbocycles. The first-order valence-electron chi connectivity index (χ1n) is 5.14. The van der Waals surface area contributed by atoms with E-state index >= 15 is 0 Å². The molecular formula is C15H10FO. The smallest absolute Gasteiger partial charge is 0.148 e. The molecule has 0 aliphatic rings. The number of benzene rings is 2. The van der Waals surface area contributed by atoms with Crippen molar-refractivity contribution in [3.05, 3.63) is 54.3 Å². The maximum absolute atomic E-state index is 12.8. The van der Waals surface area contributed by atoms with Crippen molar-refractivity contribution in [2.45, 2.75) is 0 Å². The summed E-state index contributed by atoms with van der Waals surface area (Å²) in [5.41, 5.74) is 1.72. The van der Waals surface area contributed by atoms with Crippen LogP contribution in [0.1, 0.15) is 0 Å². The van der Waals surface area contributed by atoms with Gasteiger partial charge in [-0.25, -0.2) is 4.39 Å². The van der Waals surface area contributed by atoms with Gasteiger partial charge in [-0.15, -0.1) is 6.42 Å². The van der Waals surface area contributed by atoms with Gasteiger partial charge in [0.05, 0.1) is 0 Å². The molecular weight excluding hydrogens is 215 g/mol. The van der Waals surface area contributed by atoms with E-state index in [1.807, 2.05) is 12.1 Å². The molecule has 0 unspecified atom stereocenters. The van der Waals surface area contributed by atoms with Crippen LogP contribution >= 0.6 is 0 Å². The van der Waals surface area contributed by atoms with Crippen molar-refractivity contribution in [2.24, 2.45) is 0 Å². The molecule has 0 aliphatic heterocycles. The molecule has 1 nitrogen and oxygen atoms in total. The summed E-state index contributed by atoms with van der Waals surface area (Å²) >= 11 is 0. The second-order valence-electron chi connectivity index (χ2n) is 3.41. The van der Waals surface area contributed by atoms with Crippen molar-refractivity contribution in [2.75, 3.05) is 6.61 Å². The lowest BCUT2D eigenvalue weighted by molar-refractivity contribution is 0.371. The number of hydrogen-bond donors (Lipinski definition) is 0. The van der Waals surface area contributed by atoms with E-state index in [1.165, 1.54) is 12.1 Å². The van der Waals surface area contributed by atoms with E-state index in [4.69, 9.17) is 11.2 Å². The van der Waals surface area contributed by atoms with Crippen LogP contribution in [0.15, 0.2) is 42.5 Å². The Morgan fingerprint density at radius 3 is 2.71 bits per heavy atom. The van der Waals surface area contributed by atoms with E-state index in [0.717, 1.165) is 11.1 Å². The van der Waals surface area contributed by atoms with E-state index in [0.29, 0.717) is 5.75 Å². The first-order valence-corrected chi connectivity index (χ1v) is 5.14. The lowest BCUT2D eigenvalue weighted by Gasteiger charge is -2.08. The zero-order valence-corrected chi connectivity index (χ0v) is 9.11. The number of hydrogen-bond acceptors (Lipinski definition) is 1. The summed E-state index contributed by atoms with van der Waals surface area (Å²) in [5, 5.41) is 0. The van der Waals surface area contributed by atoms with Gasteiger partial charge in [0.1, 0.15) is 18.2 Å². The minimum absolute atomic E-state index is 0.189. The molecule has 0 bridgehead atoms. The molecule has 1 radical (unpaired) electrons. The van der Waals surface area contributed by atoms with Crippen molar-refractivity contribution in [1.29, 1.82) is 0 Å². The highest BCUT2D eigenvalue weighted by Gasteiger charge is 2.05. The summed E-state index contributed by atoms with van der Waals surface area (Å²) in [6.07, 6.45) is 5.15. The first kappa shape index (κ1) is 11.2. The van der Waals surface area contributed by atoms with E-state index < -0.39 is 0 Å². The number of rotatable bonds is 3. The maximum Gasteiger partial charge on any atom is 0.148 e. The Hall–Kier alpha value is -2.27. The van der Waals surface area contributed by atoms with Gasteiger partial charge in [0.15, 0.2) is 0 Å². The highest BCUT2D eigenvalue weighted by atomic mass is 19.1. The van der Waals surface area contributed by atoms with Crippen molar-refractivity contribution < 1.29 is 9.13 Å². The van der Waals surface area contributed by atoms with E-state index in [2.05, 4.69) is 12.0 Å². The second-order valence-corrected chi connectivity index (χ2v) is 3.41. The Bertz CT molecular complexity index is 538. The number of halogens is 1. The van der Waals surface area contributed by atoms with Crippen LogP contribution in [0.25, 0.3) is 11.1 Å². The Labute approximate surface area is 99.9 Å². The van der Waals surface area contributed by atoms with E-state index in [1.54, 1.807) is 18.2 Å². The minimum atomic E-state index is -0.264. The Balaban J connectivity index is 2.37. The van der Waals surface area contributed by atoms with Crippen molar-refractivity contribution >= 4 is 0 Å². The molecule has 0 spiro atoms. The molecule has 0 saturated heterocycles. The van der Waals surface area contributed by atoms with Crippen LogP contribution in [0, 0.1) is 24.2 Å².